The standard InChI is InChI=1S/C30H60O4.C26H52O4.C20H40O4.C18H36O4/c1-5-28(3)34-27-29(4)33-26-24-22-20-18-16-14-12-10-8-7-9-11-13-15-17-19-21-23-25-30(31)32-6-2;1-5-24(4)30-25(6-2)23-28-22-20-18-16-14-12-10-8-9-11-13-15-17-19-21-26(27)29-7-3;1-5-18(3)24-17-19(4)23-16-14-12-10-8-7-9-11-13-15-20(21)22-6-2;1-5-16(3)22-17(4)15-20-14-12-10-8-7-9-11-13-18(19)21-6-2/h28-29H,5-27H2,1-4H3;24-25H,5-23H2,1-4H3;18-19H,5-17H2,1-4H3;16-17H,5-15H2,1-4H3. The van der Waals surface area contributed by atoms with Crippen LogP contribution in [0.3, 0.4) is 0 Å². The van der Waals surface area contributed by atoms with Crippen molar-refractivity contribution in [2.45, 2.75) is 506 Å². The number of carbonyl (C=O) groups excluding carboxylic acids is 4. The second kappa shape index (κ2) is 95.4. The number of unbranched alkanes of at least 4 members (excludes halogenated alkanes) is 41. The largest absolute Gasteiger partial charge is 0.466 e. The van der Waals surface area contributed by atoms with Gasteiger partial charge in [-0.1, -0.05) is 272 Å². The van der Waals surface area contributed by atoms with Gasteiger partial charge in [0.2, 0.25) is 0 Å². The van der Waals surface area contributed by atoms with Crippen LogP contribution in [0.25, 0.3) is 0 Å². The molecule has 660 valence electrons. The van der Waals surface area contributed by atoms with E-state index in [0.29, 0.717) is 89.7 Å². The van der Waals surface area contributed by atoms with Gasteiger partial charge < -0.3 is 56.8 Å². The first-order valence-corrected chi connectivity index (χ1v) is 47.0. The zero-order valence-corrected chi connectivity index (χ0v) is 75.8. The van der Waals surface area contributed by atoms with Gasteiger partial charge in [-0.15, -0.1) is 0 Å². The molecule has 0 aliphatic heterocycles. The Bertz CT molecular complexity index is 1810. The van der Waals surface area contributed by atoms with Crippen LogP contribution in [-0.4, -0.2) is 152 Å². The fourth-order valence-electron chi connectivity index (χ4n) is 12.3. The van der Waals surface area contributed by atoms with Crippen LogP contribution < -0.4 is 0 Å². The Balaban J connectivity index is -0.000000690. The highest BCUT2D eigenvalue weighted by atomic mass is 16.6. The highest BCUT2D eigenvalue weighted by Crippen LogP contribution is 2.19. The molecule has 0 aliphatic rings. The van der Waals surface area contributed by atoms with Gasteiger partial charge in [-0.3, -0.25) is 19.2 Å². The minimum absolute atomic E-state index is 0.0341. The van der Waals surface area contributed by atoms with Gasteiger partial charge in [-0.05, 0) is 160 Å². The molecule has 0 aliphatic carbocycles. The molecule has 0 fully saturated rings. The van der Waals surface area contributed by atoms with Gasteiger partial charge >= 0.3 is 23.9 Å². The molecule has 16 heteroatoms. The quantitative estimate of drug-likeness (QED) is 0.0319. The first kappa shape index (κ1) is 114. The van der Waals surface area contributed by atoms with E-state index in [0.717, 1.165) is 130 Å². The number of carbonyl (C=O) groups is 4. The van der Waals surface area contributed by atoms with Crippen LogP contribution in [-0.2, 0) is 76.0 Å². The van der Waals surface area contributed by atoms with Crippen molar-refractivity contribution in [2.24, 2.45) is 0 Å². The lowest BCUT2D eigenvalue weighted by atomic mass is 10.0. The van der Waals surface area contributed by atoms with E-state index < -0.39 is 0 Å². The summed E-state index contributed by atoms with van der Waals surface area (Å²) < 4.78 is 65.9. The predicted molar refractivity (Wildman–Crippen MR) is 462 cm³/mol. The van der Waals surface area contributed by atoms with Crippen molar-refractivity contribution in [1.82, 2.24) is 0 Å². The summed E-state index contributed by atoms with van der Waals surface area (Å²) in [4.78, 5) is 44.8. The lowest BCUT2D eigenvalue weighted by molar-refractivity contribution is -0.144. The molecular formula is C94H188O16. The first-order valence-electron chi connectivity index (χ1n) is 47.0. The Morgan fingerprint density at radius 2 is 0.418 bits per heavy atom. The van der Waals surface area contributed by atoms with Crippen LogP contribution in [0.5, 0.6) is 0 Å². The molecule has 110 heavy (non-hydrogen) atoms. The lowest BCUT2D eigenvalue weighted by Crippen LogP contribution is -2.24. The van der Waals surface area contributed by atoms with Gasteiger partial charge in [0.15, 0.2) is 0 Å². The summed E-state index contributed by atoms with van der Waals surface area (Å²) in [6.07, 6.45) is 66.7. The van der Waals surface area contributed by atoms with Crippen molar-refractivity contribution in [3.63, 3.8) is 0 Å². The Labute approximate surface area is 682 Å². The average Bonchev–Trinajstić information content (AvgIpc) is 1.02. The molecular weight excluding hydrogens is 1390 g/mol. The van der Waals surface area contributed by atoms with Crippen LogP contribution in [0.1, 0.15) is 458 Å². The molecule has 16 nitrogen and oxygen atoms in total. The molecule has 0 rings (SSSR count). The molecule has 0 heterocycles. The van der Waals surface area contributed by atoms with Crippen molar-refractivity contribution in [3.8, 4) is 0 Å². The summed E-state index contributed by atoms with van der Waals surface area (Å²) in [5, 5.41) is 0. The summed E-state index contributed by atoms with van der Waals surface area (Å²) in [6.45, 7) is 41.1. The molecule has 0 radical (unpaired) electrons. The van der Waals surface area contributed by atoms with E-state index in [9.17, 15) is 19.2 Å². The highest BCUT2D eigenvalue weighted by Gasteiger charge is 2.13. The van der Waals surface area contributed by atoms with Gasteiger partial charge in [0.1, 0.15) is 0 Å². The molecule has 0 bridgehead atoms. The molecule has 0 saturated carbocycles. The molecule has 0 saturated heterocycles. The maximum atomic E-state index is 11.3. The Kier molecular flexibility index (Phi) is 98.8. The normalized spacial score (nSPS) is 13.5. The third-order valence-electron chi connectivity index (χ3n) is 20.2. The van der Waals surface area contributed by atoms with E-state index >= 15 is 0 Å². The van der Waals surface area contributed by atoms with E-state index in [2.05, 4.69) is 83.1 Å². The SMILES string of the molecule is CCOC(=O)CCCCCCCCCCCCCCCCCCCCOC(C)COC(C)CC.CCOC(=O)CCCCCCCCCCCCCCCOCC(CC)OC(C)CC.CCOC(=O)CCCCCCCCCCOC(C)COC(C)CC.CCOC(=O)CCCCCCCCOCC(C)OC(C)CC. The van der Waals surface area contributed by atoms with Crippen molar-refractivity contribution in [3.05, 3.63) is 0 Å². The summed E-state index contributed by atoms with van der Waals surface area (Å²) in [6, 6.07) is 0. The van der Waals surface area contributed by atoms with E-state index in [1.165, 1.54) is 231 Å². The second-order valence-electron chi connectivity index (χ2n) is 31.3. The average molecular weight is 1570 g/mol. The fraction of sp³-hybridized carbons (Fsp3) is 0.957. The van der Waals surface area contributed by atoms with Gasteiger partial charge in [-0.25, -0.2) is 0 Å². The van der Waals surface area contributed by atoms with E-state index in [-0.39, 0.29) is 48.3 Å². The molecule has 0 aromatic rings. The van der Waals surface area contributed by atoms with Gasteiger partial charge in [-0.2, -0.15) is 0 Å². The lowest BCUT2D eigenvalue weighted by Gasteiger charge is -2.20. The maximum Gasteiger partial charge on any atom is 0.305 e. The zero-order chi connectivity index (χ0) is 82.1. The first-order chi connectivity index (χ1) is 53.4. The number of esters is 4. The van der Waals surface area contributed by atoms with E-state index in [1.54, 1.807) is 0 Å². The maximum absolute atomic E-state index is 11.3. The molecule has 0 amide bonds. The second-order valence-corrected chi connectivity index (χ2v) is 31.3. The van der Waals surface area contributed by atoms with Crippen LogP contribution in [0.2, 0.25) is 0 Å². The van der Waals surface area contributed by atoms with E-state index in [1.807, 2.05) is 27.7 Å². The molecule has 0 N–H and O–H groups in total. The predicted octanol–water partition coefficient (Wildman–Crippen LogP) is 26.6. The molecule has 0 aromatic carbocycles. The fourth-order valence-corrected chi connectivity index (χ4v) is 12.3. The van der Waals surface area contributed by atoms with Crippen LogP contribution in [0.4, 0.5) is 0 Å². The van der Waals surface area contributed by atoms with Gasteiger partial charge in [0.25, 0.3) is 0 Å². The van der Waals surface area contributed by atoms with Crippen molar-refractivity contribution in [1.29, 1.82) is 0 Å². The zero-order valence-electron chi connectivity index (χ0n) is 75.8. The Hall–Kier alpha value is -2.44. The van der Waals surface area contributed by atoms with Crippen molar-refractivity contribution in [2.75, 3.05) is 79.3 Å². The Morgan fingerprint density at radius 1 is 0.200 bits per heavy atom. The smallest absolute Gasteiger partial charge is 0.305 e. The summed E-state index contributed by atoms with van der Waals surface area (Å²) in [5.74, 6) is -0.194. The van der Waals surface area contributed by atoms with Gasteiger partial charge in [0.05, 0.1) is 102 Å². The highest BCUT2D eigenvalue weighted by molar-refractivity contribution is 5.70. The summed E-state index contributed by atoms with van der Waals surface area (Å²) >= 11 is 0. The van der Waals surface area contributed by atoms with E-state index in [4.69, 9.17) is 56.8 Å². The summed E-state index contributed by atoms with van der Waals surface area (Å²) in [5.41, 5.74) is 0. The summed E-state index contributed by atoms with van der Waals surface area (Å²) in [7, 11) is 0. The molecule has 8 atom stereocenters. The van der Waals surface area contributed by atoms with Crippen LogP contribution >= 0.6 is 0 Å². The molecule has 8 unspecified atom stereocenters. The van der Waals surface area contributed by atoms with Crippen molar-refractivity contribution < 1.29 is 76.0 Å². The number of ether oxygens (including phenoxy) is 12. The third-order valence-corrected chi connectivity index (χ3v) is 20.2. The Morgan fingerprint density at radius 3 is 0.655 bits per heavy atom. The van der Waals surface area contributed by atoms with Crippen LogP contribution in [0.15, 0.2) is 0 Å². The number of hydrogen-bond donors (Lipinski definition) is 0. The minimum atomic E-state index is -0.0652. The monoisotopic (exact) mass is 1570 g/mol. The van der Waals surface area contributed by atoms with Gasteiger partial charge in [0, 0.05) is 52.1 Å². The van der Waals surface area contributed by atoms with Crippen LogP contribution in [0, 0.1) is 0 Å². The third kappa shape index (κ3) is 97.9. The topological polar surface area (TPSA) is 179 Å². The number of hydrogen-bond acceptors (Lipinski definition) is 16. The van der Waals surface area contributed by atoms with Crippen molar-refractivity contribution >= 4 is 23.9 Å². The molecule has 0 spiro atoms. The minimum Gasteiger partial charge on any atom is -0.466 e. The number of rotatable bonds is 82. The molecule has 0 aromatic heterocycles.